The van der Waals surface area contributed by atoms with Gasteiger partial charge < -0.3 is 5.32 Å². The molecule has 100 valence electrons. The Balaban J connectivity index is 2.44. The Labute approximate surface area is 119 Å². The molecule has 0 saturated carbocycles. The van der Waals surface area contributed by atoms with Crippen molar-refractivity contribution in [2.75, 3.05) is 6.54 Å². The average Bonchev–Trinajstić information content (AvgIpc) is 2.34. The number of aromatic nitrogens is 1. The second kappa shape index (κ2) is 6.18. The van der Waals surface area contributed by atoms with Gasteiger partial charge in [-0.25, -0.2) is 0 Å². The van der Waals surface area contributed by atoms with Crippen LogP contribution in [0.25, 0.3) is 0 Å². The molecule has 0 saturated heterocycles. The molecule has 0 aliphatic rings. The number of benzene rings is 1. The van der Waals surface area contributed by atoms with E-state index in [-0.39, 0.29) is 6.04 Å². The van der Waals surface area contributed by atoms with Gasteiger partial charge in [-0.05, 0) is 54.8 Å². The first-order valence-corrected chi connectivity index (χ1v) is 6.90. The van der Waals surface area contributed by atoms with Crippen molar-refractivity contribution in [1.82, 2.24) is 10.3 Å². The molecule has 2 rings (SSSR count). The summed E-state index contributed by atoms with van der Waals surface area (Å²) in [4.78, 5) is 4.28. The second-order valence-corrected chi connectivity index (χ2v) is 5.28. The largest absolute Gasteiger partial charge is 0.306 e. The van der Waals surface area contributed by atoms with Crippen molar-refractivity contribution in [3.8, 4) is 0 Å². The molecule has 1 aromatic carbocycles. The Kier molecular flexibility index (Phi) is 4.56. The molecule has 0 spiro atoms. The Morgan fingerprint density at radius 2 is 1.79 bits per heavy atom. The predicted octanol–water partition coefficient (Wildman–Crippen LogP) is 4.05. The van der Waals surface area contributed by atoms with E-state index in [0.717, 1.165) is 11.6 Å². The summed E-state index contributed by atoms with van der Waals surface area (Å²) in [6.07, 6.45) is 3.78. The first kappa shape index (κ1) is 14.0. The molecule has 0 fully saturated rings. The Hall–Kier alpha value is -1.38. The topological polar surface area (TPSA) is 24.9 Å². The lowest BCUT2D eigenvalue weighted by Gasteiger charge is -2.20. The van der Waals surface area contributed by atoms with Crippen molar-refractivity contribution in [2.45, 2.75) is 26.8 Å². The van der Waals surface area contributed by atoms with Crippen LogP contribution in [0.5, 0.6) is 0 Å². The standard InChI is InChI=1S/C16H19ClN2/c1-4-19-16(14-6-12(3)9-18-10-14)13-5-11(2)7-15(17)8-13/h5-10,16,19H,4H2,1-3H3. The first-order chi connectivity index (χ1) is 9.10. The number of nitrogens with zero attached hydrogens (tertiary/aromatic N) is 1. The van der Waals surface area contributed by atoms with Crippen LogP contribution in [-0.4, -0.2) is 11.5 Å². The van der Waals surface area contributed by atoms with Crippen LogP contribution in [0.15, 0.2) is 36.7 Å². The number of pyridine rings is 1. The van der Waals surface area contributed by atoms with Crippen LogP contribution in [0, 0.1) is 13.8 Å². The Bertz CT molecular complexity index is 546. The van der Waals surface area contributed by atoms with Crippen molar-refractivity contribution < 1.29 is 0 Å². The smallest absolute Gasteiger partial charge is 0.0592 e. The summed E-state index contributed by atoms with van der Waals surface area (Å²) in [6, 6.07) is 8.46. The summed E-state index contributed by atoms with van der Waals surface area (Å²) in [6.45, 7) is 7.12. The highest BCUT2D eigenvalue weighted by molar-refractivity contribution is 6.30. The quantitative estimate of drug-likeness (QED) is 0.910. The van der Waals surface area contributed by atoms with Gasteiger partial charge in [0.15, 0.2) is 0 Å². The van der Waals surface area contributed by atoms with E-state index in [1.54, 1.807) is 0 Å². The molecule has 0 bridgehead atoms. The van der Waals surface area contributed by atoms with Crippen LogP contribution in [0.4, 0.5) is 0 Å². The fourth-order valence-corrected chi connectivity index (χ4v) is 2.60. The number of aryl methyl sites for hydroxylation is 2. The lowest BCUT2D eigenvalue weighted by atomic mass is 9.98. The number of hydrogen-bond donors (Lipinski definition) is 1. The van der Waals surface area contributed by atoms with Gasteiger partial charge in [-0.1, -0.05) is 30.7 Å². The van der Waals surface area contributed by atoms with Gasteiger partial charge in [-0.2, -0.15) is 0 Å². The molecular weight excluding hydrogens is 256 g/mol. The van der Waals surface area contributed by atoms with E-state index in [2.05, 4.69) is 43.2 Å². The average molecular weight is 275 g/mol. The minimum atomic E-state index is 0.134. The zero-order valence-electron chi connectivity index (χ0n) is 11.6. The van der Waals surface area contributed by atoms with Crippen LogP contribution in [0.2, 0.25) is 5.02 Å². The SMILES string of the molecule is CCNC(c1cncc(C)c1)c1cc(C)cc(Cl)c1. The summed E-state index contributed by atoms with van der Waals surface area (Å²) in [7, 11) is 0. The Morgan fingerprint density at radius 3 is 2.42 bits per heavy atom. The van der Waals surface area contributed by atoms with Gasteiger partial charge in [0.25, 0.3) is 0 Å². The maximum Gasteiger partial charge on any atom is 0.0592 e. The third-order valence-electron chi connectivity index (χ3n) is 3.04. The molecular formula is C16H19ClN2. The molecule has 1 atom stereocenters. The highest BCUT2D eigenvalue weighted by Gasteiger charge is 2.14. The van der Waals surface area contributed by atoms with Crippen LogP contribution in [0.1, 0.15) is 35.2 Å². The first-order valence-electron chi connectivity index (χ1n) is 6.52. The number of nitrogens with one attached hydrogen (secondary N) is 1. The van der Waals surface area contributed by atoms with Crippen LogP contribution in [0.3, 0.4) is 0 Å². The maximum atomic E-state index is 6.17. The van der Waals surface area contributed by atoms with E-state index < -0.39 is 0 Å². The van der Waals surface area contributed by atoms with E-state index in [1.165, 1.54) is 22.3 Å². The zero-order valence-corrected chi connectivity index (χ0v) is 12.3. The second-order valence-electron chi connectivity index (χ2n) is 4.85. The van der Waals surface area contributed by atoms with Gasteiger partial charge in [0.1, 0.15) is 0 Å². The molecule has 3 heteroatoms. The predicted molar refractivity (Wildman–Crippen MR) is 80.7 cm³/mol. The minimum absolute atomic E-state index is 0.134. The lowest BCUT2D eigenvalue weighted by Crippen LogP contribution is -2.22. The van der Waals surface area contributed by atoms with Crippen molar-refractivity contribution >= 4 is 11.6 Å². The molecule has 1 unspecified atom stereocenters. The molecule has 1 N–H and O–H groups in total. The van der Waals surface area contributed by atoms with Crippen LogP contribution in [-0.2, 0) is 0 Å². The van der Waals surface area contributed by atoms with Crippen molar-refractivity contribution in [2.24, 2.45) is 0 Å². The Morgan fingerprint density at radius 1 is 1.05 bits per heavy atom. The molecule has 0 aliphatic carbocycles. The van der Waals surface area contributed by atoms with Gasteiger partial charge in [0, 0.05) is 17.4 Å². The van der Waals surface area contributed by atoms with E-state index in [9.17, 15) is 0 Å². The van der Waals surface area contributed by atoms with Gasteiger partial charge >= 0.3 is 0 Å². The fraction of sp³-hybridized carbons (Fsp3) is 0.312. The van der Waals surface area contributed by atoms with E-state index in [4.69, 9.17) is 11.6 Å². The van der Waals surface area contributed by atoms with Gasteiger partial charge in [-0.15, -0.1) is 0 Å². The third-order valence-corrected chi connectivity index (χ3v) is 3.25. The fourth-order valence-electron chi connectivity index (χ4n) is 2.30. The monoisotopic (exact) mass is 274 g/mol. The molecule has 19 heavy (non-hydrogen) atoms. The third kappa shape index (κ3) is 3.55. The molecule has 1 heterocycles. The molecule has 2 aromatic rings. The maximum absolute atomic E-state index is 6.17. The summed E-state index contributed by atoms with van der Waals surface area (Å²) >= 11 is 6.17. The van der Waals surface area contributed by atoms with E-state index in [0.29, 0.717) is 0 Å². The van der Waals surface area contributed by atoms with Crippen LogP contribution < -0.4 is 5.32 Å². The van der Waals surface area contributed by atoms with Crippen molar-refractivity contribution in [3.05, 3.63) is 63.9 Å². The highest BCUT2D eigenvalue weighted by atomic mass is 35.5. The summed E-state index contributed by atoms with van der Waals surface area (Å²) < 4.78 is 0. The minimum Gasteiger partial charge on any atom is -0.306 e. The van der Waals surface area contributed by atoms with Gasteiger partial charge in [-0.3, -0.25) is 4.98 Å². The summed E-state index contributed by atoms with van der Waals surface area (Å²) in [5, 5.41) is 4.27. The van der Waals surface area contributed by atoms with Crippen LogP contribution >= 0.6 is 11.6 Å². The molecule has 1 aromatic heterocycles. The molecule has 0 aliphatic heterocycles. The molecule has 0 amide bonds. The summed E-state index contributed by atoms with van der Waals surface area (Å²) in [5.41, 5.74) is 4.69. The summed E-state index contributed by atoms with van der Waals surface area (Å²) in [5.74, 6) is 0. The zero-order chi connectivity index (χ0) is 13.8. The highest BCUT2D eigenvalue weighted by Crippen LogP contribution is 2.25. The normalized spacial score (nSPS) is 12.4. The number of rotatable bonds is 4. The lowest BCUT2D eigenvalue weighted by molar-refractivity contribution is 0.628. The number of halogens is 1. The van der Waals surface area contributed by atoms with Gasteiger partial charge in [0.05, 0.1) is 6.04 Å². The van der Waals surface area contributed by atoms with Crippen molar-refractivity contribution in [3.63, 3.8) is 0 Å². The number of hydrogen-bond acceptors (Lipinski definition) is 2. The molecule has 0 radical (unpaired) electrons. The van der Waals surface area contributed by atoms with E-state index in [1.807, 2.05) is 24.5 Å². The van der Waals surface area contributed by atoms with Gasteiger partial charge in [0.2, 0.25) is 0 Å². The van der Waals surface area contributed by atoms with E-state index >= 15 is 0 Å². The van der Waals surface area contributed by atoms with Crippen molar-refractivity contribution in [1.29, 1.82) is 0 Å². The molecule has 2 nitrogen and oxygen atoms in total.